The first-order valence-electron chi connectivity index (χ1n) is 4.38. The molecule has 6 heteroatoms. The average molecular weight is 211 g/mol. The topological polar surface area (TPSA) is 63.3 Å². The summed E-state index contributed by atoms with van der Waals surface area (Å²) in [6.07, 6.45) is -3.92. The number of carbonyl (C=O) groups is 1. The van der Waals surface area contributed by atoms with Gasteiger partial charge in [0.15, 0.2) is 0 Å². The van der Waals surface area contributed by atoms with Crippen molar-refractivity contribution in [3.8, 4) is 0 Å². The van der Waals surface area contributed by atoms with Gasteiger partial charge in [0.05, 0.1) is 0 Å². The number of ketones is 1. The highest BCUT2D eigenvalue weighted by Crippen LogP contribution is 2.33. The number of alkyl halides is 3. The van der Waals surface area contributed by atoms with Gasteiger partial charge in [-0.1, -0.05) is 6.42 Å². The van der Waals surface area contributed by atoms with Crippen LogP contribution in [0.15, 0.2) is 0 Å². The summed E-state index contributed by atoms with van der Waals surface area (Å²) in [4.78, 5) is 10.9. The standard InChI is InChI=1S/C8H12F3NO2/c9-8(10,11)6(13)7(14)4-2-1-3-5(7)12/h5,14H,1-4,12H2/t5-,7+/m0/s1. The van der Waals surface area contributed by atoms with Crippen LogP contribution in [0.4, 0.5) is 13.2 Å². The molecule has 0 heterocycles. The molecular formula is C8H12F3NO2. The van der Waals surface area contributed by atoms with Crippen LogP contribution < -0.4 is 5.73 Å². The van der Waals surface area contributed by atoms with Crippen LogP contribution in [0.25, 0.3) is 0 Å². The molecule has 0 bridgehead atoms. The molecule has 0 radical (unpaired) electrons. The van der Waals surface area contributed by atoms with E-state index in [1.165, 1.54) is 0 Å². The Bertz CT molecular complexity index is 241. The lowest BCUT2D eigenvalue weighted by Crippen LogP contribution is -2.59. The molecule has 1 aliphatic rings. The molecule has 3 N–H and O–H groups in total. The number of hydrogen-bond acceptors (Lipinski definition) is 3. The summed E-state index contributed by atoms with van der Waals surface area (Å²) in [5, 5.41) is 9.55. The van der Waals surface area contributed by atoms with E-state index in [9.17, 15) is 23.1 Å². The van der Waals surface area contributed by atoms with E-state index in [1.807, 2.05) is 0 Å². The molecule has 0 aromatic carbocycles. The van der Waals surface area contributed by atoms with E-state index < -0.39 is 23.6 Å². The van der Waals surface area contributed by atoms with Crippen LogP contribution in [0.3, 0.4) is 0 Å². The summed E-state index contributed by atoms with van der Waals surface area (Å²) >= 11 is 0. The fourth-order valence-corrected chi connectivity index (χ4v) is 1.71. The SMILES string of the molecule is N[C@H]1CCCC[C@]1(O)C(=O)C(F)(F)F. The van der Waals surface area contributed by atoms with Crippen LogP contribution in [-0.2, 0) is 4.79 Å². The van der Waals surface area contributed by atoms with Gasteiger partial charge >= 0.3 is 6.18 Å². The first kappa shape index (κ1) is 11.5. The van der Waals surface area contributed by atoms with Gasteiger partial charge < -0.3 is 10.8 Å². The molecule has 0 unspecified atom stereocenters. The van der Waals surface area contributed by atoms with Crippen molar-refractivity contribution in [1.29, 1.82) is 0 Å². The zero-order valence-electron chi connectivity index (χ0n) is 7.47. The third-order valence-corrected chi connectivity index (χ3v) is 2.59. The predicted octanol–water partition coefficient (Wildman–Crippen LogP) is 0.750. The molecule has 0 aromatic heterocycles. The van der Waals surface area contributed by atoms with Crippen molar-refractivity contribution < 1.29 is 23.1 Å². The normalized spacial score (nSPS) is 34.2. The van der Waals surface area contributed by atoms with Gasteiger partial charge in [-0.25, -0.2) is 0 Å². The van der Waals surface area contributed by atoms with E-state index in [4.69, 9.17) is 5.73 Å². The lowest BCUT2D eigenvalue weighted by atomic mass is 9.78. The summed E-state index contributed by atoms with van der Waals surface area (Å²) in [5.74, 6) is -2.11. The van der Waals surface area contributed by atoms with Gasteiger partial charge in [0, 0.05) is 6.04 Å². The second-order valence-corrected chi connectivity index (χ2v) is 3.60. The largest absolute Gasteiger partial charge is 0.453 e. The molecule has 14 heavy (non-hydrogen) atoms. The second kappa shape index (κ2) is 3.51. The van der Waals surface area contributed by atoms with E-state index in [1.54, 1.807) is 0 Å². The van der Waals surface area contributed by atoms with Gasteiger partial charge in [0.1, 0.15) is 5.60 Å². The summed E-state index contributed by atoms with van der Waals surface area (Å²) in [6, 6.07) is -1.11. The van der Waals surface area contributed by atoms with Crippen LogP contribution in [0.1, 0.15) is 25.7 Å². The molecule has 1 saturated carbocycles. The molecule has 0 aliphatic heterocycles. The fraction of sp³-hybridized carbons (Fsp3) is 0.875. The Morgan fingerprint density at radius 3 is 2.43 bits per heavy atom. The lowest BCUT2D eigenvalue weighted by molar-refractivity contribution is -0.194. The Balaban J connectivity index is 2.87. The molecule has 2 atom stereocenters. The average Bonchev–Trinajstić information content (AvgIpc) is 2.07. The third kappa shape index (κ3) is 1.90. The molecule has 0 saturated heterocycles. The number of hydrogen-bond donors (Lipinski definition) is 2. The van der Waals surface area contributed by atoms with Crippen LogP contribution in [0.5, 0.6) is 0 Å². The molecule has 3 nitrogen and oxygen atoms in total. The summed E-state index contributed by atoms with van der Waals surface area (Å²) < 4.78 is 36.3. The van der Waals surface area contributed by atoms with Gasteiger partial charge in [-0.15, -0.1) is 0 Å². The maximum Gasteiger partial charge on any atom is 0.453 e. The minimum atomic E-state index is -5.01. The molecule has 0 aromatic rings. The Hall–Kier alpha value is -0.620. The number of carbonyl (C=O) groups excluding carboxylic acids is 1. The van der Waals surface area contributed by atoms with Crippen molar-refractivity contribution in [2.45, 2.75) is 43.5 Å². The van der Waals surface area contributed by atoms with E-state index in [0.29, 0.717) is 12.8 Å². The van der Waals surface area contributed by atoms with Crippen molar-refractivity contribution in [3.63, 3.8) is 0 Å². The zero-order chi connectivity index (χ0) is 11.0. The molecule has 1 aliphatic carbocycles. The Labute approximate surface area is 79.1 Å². The van der Waals surface area contributed by atoms with Crippen molar-refractivity contribution in [3.05, 3.63) is 0 Å². The quantitative estimate of drug-likeness (QED) is 0.672. The Kier molecular flexibility index (Phi) is 2.87. The smallest absolute Gasteiger partial charge is 0.380 e. The van der Waals surface area contributed by atoms with Crippen LogP contribution in [-0.4, -0.2) is 28.7 Å². The van der Waals surface area contributed by atoms with Crippen molar-refractivity contribution in [1.82, 2.24) is 0 Å². The monoisotopic (exact) mass is 211 g/mol. The van der Waals surface area contributed by atoms with Gasteiger partial charge in [0.2, 0.25) is 0 Å². The second-order valence-electron chi connectivity index (χ2n) is 3.60. The van der Waals surface area contributed by atoms with E-state index in [0.717, 1.165) is 0 Å². The number of halogens is 3. The van der Waals surface area contributed by atoms with Crippen LogP contribution >= 0.6 is 0 Å². The predicted molar refractivity (Wildman–Crippen MR) is 42.5 cm³/mol. The number of nitrogens with two attached hydrogens (primary N) is 1. The number of rotatable bonds is 1. The lowest BCUT2D eigenvalue weighted by Gasteiger charge is -2.36. The molecule has 1 rings (SSSR count). The van der Waals surface area contributed by atoms with Crippen molar-refractivity contribution in [2.24, 2.45) is 5.73 Å². The van der Waals surface area contributed by atoms with Gasteiger partial charge in [0.25, 0.3) is 5.78 Å². The molecular weight excluding hydrogens is 199 g/mol. The fourth-order valence-electron chi connectivity index (χ4n) is 1.71. The van der Waals surface area contributed by atoms with Crippen molar-refractivity contribution >= 4 is 5.78 Å². The first-order valence-corrected chi connectivity index (χ1v) is 4.38. The third-order valence-electron chi connectivity index (χ3n) is 2.59. The number of aliphatic hydroxyl groups is 1. The molecule has 82 valence electrons. The number of Topliss-reactive ketones (excluding diaryl/α,β-unsaturated/α-hetero) is 1. The van der Waals surface area contributed by atoms with E-state index in [2.05, 4.69) is 0 Å². The van der Waals surface area contributed by atoms with E-state index in [-0.39, 0.29) is 12.8 Å². The Morgan fingerprint density at radius 2 is 2.00 bits per heavy atom. The molecule has 0 amide bonds. The highest BCUT2D eigenvalue weighted by atomic mass is 19.4. The minimum absolute atomic E-state index is 0.202. The maximum absolute atomic E-state index is 12.1. The highest BCUT2D eigenvalue weighted by molar-refractivity contribution is 5.92. The molecule has 0 spiro atoms. The summed E-state index contributed by atoms with van der Waals surface area (Å²) in [5.41, 5.74) is 2.93. The summed E-state index contributed by atoms with van der Waals surface area (Å²) in [6.45, 7) is 0. The van der Waals surface area contributed by atoms with Crippen LogP contribution in [0, 0.1) is 0 Å². The maximum atomic E-state index is 12.1. The van der Waals surface area contributed by atoms with Gasteiger partial charge in [-0.2, -0.15) is 13.2 Å². The Morgan fingerprint density at radius 1 is 1.43 bits per heavy atom. The minimum Gasteiger partial charge on any atom is -0.380 e. The molecule has 1 fully saturated rings. The summed E-state index contributed by atoms with van der Waals surface area (Å²) in [7, 11) is 0. The zero-order valence-corrected chi connectivity index (χ0v) is 7.47. The van der Waals surface area contributed by atoms with Gasteiger partial charge in [-0.3, -0.25) is 4.79 Å². The van der Waals surface area contributed by atoms with E-state index >= 15 is 0 Å². The van der Waals surface area contributed by atoms with Crippen molar-refractivity contribution in [2.75, 3.05) is 0 Å². The first-order chi connectivity index (χ1) is 6.28. The van der Waals surface area contributed by atoms with Crippen LogP contribution in [0.2, 0.25) is 0 Å². The van der Waals surface area contributed by atoms with Gasteiger partial charge in [-0.05, 0) is 19.3 Å². The highest BCUT2D eigenvalue weighted by Gasteiger charge is 2.55.